The maximum absolute atomic E-state index is 12.7. The summed E-state index contributed by atoms with van der Waals surface area (Å²) in [7, 11) is 0. The summed E-state index contributed by atoms with van der Waals surface area (Å²) in [6.07, 6.45) is 3.49. The van der Waals surface area contributed by atoms with Crippen LogP contribution in [-0.4, -0.2) is 34.5 Å². The standard InChI is InChI=1S/C19H25NO3/c1-12-6-3-4-8-15(12)13(2)10-17(21)20-11-14-7-5-9-16(14)18(20)19(22)23/h3-4,6,8,13-14,16,18H,5,7,9-11H2,1-2H3,(H,22,23). The highest BCUT2D eigenvalue weighted by molar-refractivity contribution is 5.85. The van der Waals surface area contributed by atoms with E-state index in [4.69, 9.17) is 0 Å². The molecule has 1 aliphatic carbocycles. The van der Waals surface area contributed by atoms with Crippen molar-refractivity contribution < 1.29 is 14.7 Å². The number of rotatable bonds is 4. The Morgan fingerprint density at radius 3 is 2.74 bits per heavy atom. The quantitative estimate of drug-likeness (QED) is 0.928. The van der Waals surface area contributed by atoms with Gasteiger partial charge in [0.25, 0.3) is 0 Å². The number of aryl methyl sites for hydroxylation is 1. The SMILES string of the molecule is Cc1ccccc1C(C)CC(=O)N1CC2CCCC2C1C(=O)O. The lowest BCUT2D eigenvalue weighted by Crippen LogP contribution is -2.43. The van der Waals surface area contributed by atoms with Gasteiger partial charge in [0.15, 0.2) is 0 Å². The highest BCUT2D eigenvalue weighted by Crippen LogP contribution is 2.42. The molecule has 1 aromatic rings. The Bertz CT molecular complexity index is 612. The van der Waals surface area contributed by atoms with Crippen molar-refractivity contribution in [3.8, 4) is 0 Å². The van der Waals surface area contributed by atoms with Gasteiger partial charge in [0.05, 0.1) is 0 Å². The first-order chi connectivity index (χ1) is 11.0. The van der Waals surface area contributed by atoms with Crippen molar-refractivity contribution in [3.05, 3.63) is 35.4 Å². The number of carboxylic acid groups (broad SMARTS) is 1. The van der Waals surface area contributed by atoms with Crippen molar-refractivity contribution in [1.29, 1.82) is 0 Å². The maximum atomic E-state index is 12.7. The van der Waals surface area contributed by atoms with Gasteiger partial charge < -0.3 is 10.0 Å². The van der Waals surface area contributed by atoms with Gasteiger partial charge in [-0.15, -0.1) is 0 Å². The number of nitrogens with zero attached hydrogens (tertiary/aromatic N) is 1. The fourth-order valence-electron chi connectivity index (χ4n) is 4.51. The van der Waals surface area contributed by atoms with Crippen LogP contribution in [-0.2, 0) is 9.59 Å². The van der Waals surface area contributed by atoms with Gasteiger partial charge in [-0.25, -0.2) is 4.79 Å². The van der Waals surface area contributed by atoms with Gasteiger partial charge in [-0.3, -0.25) is 4.79 Å². The third-order valence-corrected chi connectivity index (χ3v) is 5.66. The fraction of sp³-hybridized carbons (Fsp3) is 0.579. The molecule has 0 bridgehead atoms. The molecule has 4 atom stereocenters. The molecule has 124 valence electrons. The summed E-state index contributed by atoms with van der Waals surface area (Å²) in [4.78, 5) is 26.1. The molecule has 4 nitrogen and oxygen atoms in total. The van der Waals surface area contributed by atoms with E-state index in [2.05, 4.69) is 19.1 Å². The van der Waals surface area contributed by atoms with Gasteiger partial charge in [-0.1, -0.05) is 37.6 Å². The number of carbonyl (C=O) groups excluding carboxylic acids is 1. The number of carbonyl (C=O) groups is 2. The summed E-state index contributed by atoms with van der Waals surface area (Å²) < 4.78 is 0. The predicted molar refractivity (Wildman–Crippen MR) is 88.2 cm³/mol. The van der Waals surface area contributed by atoms with E-state index < -0.39 is 12.0 Å². The van der Waals surface area contributed by atoms with Crippen molar-refractivity contribution in [2.45, 2.75) is 51.5 Å². The molecule has 2 aliphatic rings. The summed E-state index contributed by atoms with van der Waals surface area (Å²) in [5.41, 5.74) is 2.35. The molecule has 1 heterocycles. The first kappa shape index (κ1) is 16.0. The third-order valence-electron chi connectivity index (χ3n) is 5.66. The Morgan fingerprint density at radius 2 is 2.04 bits per heavy atom. The molecule has 4 heteroatoms. The van der Waals surface area contributed by atoms with Crippen LogP contribution in [0.3, 0.4) is 0 Å². The molecule has 1 aliphatic heterocycles. The molecule has 1 saturated carbocycles. The molecular formula is C19H25NO3. The molecule has 0 spiro atoms. The summed E-state index contributed by atoms with van der Waals surface area (Å²) in [5, 5.41) is 9.58. The normalized spacial score (nSPS) is 27.7. The lowest BCUT2D eigenvalue weighted by Gasteiger charge is -2.26. The zero-order valence-corrected chi connectivity index (χ0v) is 13.9. The van der Waals surface area contributed by atoms with Gasteiger partial charge in [0.1, 0.15) is 6.04 Å². The molecule has 0 aromatic heterocycles. The number of hydrogen-bond acceptors (Lipinski definition) is 2. The average Bonchev–Trinajstić information content (AvgIpc) is 3.07. The monoisotopic (exact) mass is 315 g/mol. The zero-order valence-electron chi connectivity index (χ0n) is 13.9. The Morgan fingerprint density at radius 1 is 1.30 bits per heavy atom. The first-order valence-corrected chi connectivity index (χ1v) is 8.57. The number of aliphatic carboxylic acids is 1. The van der Waals surface area contributed by atoms with Gasteiger partial charge >= 0.3 is 5.97 Å². The summed E-state index contributed by atoms with van der Waals surface area (Å²) in [6.45, 7) is 4.73. The van der Waals surface area contributed by atoms with Crippen LogP contribution in [0.15, 0.2) is 24.3 Å². The number of amides is 1. The second-order valence-electron chi connectivity index (χ2n) is 7.15. The minimum Gasteiger partial charge on any atom is -0.480 e. The van der Waals surface area contributed by atoms with Crippen LogP contribution in [0.25, 0.3) is 0 Å². The minimum absolute atomic E-state index is 0.0115. The third kappa shape index (κ3) is 2.99. The Hall–Kier alpha value is -1.84. The van der Waals surface area contributed by atoms with Crippen LogP contribution >= 0.6 is 0 Å². The lowest BCUT2D eigenvalue weighted by atomic mass is 9.92. The Kier molecular flexibility index (Phi) is 4.42. The summed E-state index contributed by atoms with van der Waals surface area (Å²) >= 11 is 0. The van der Waals surface area contributed by atoms with E-state index in [9.17, 15) is 14.7 Å². The van der Waals surface area contributed by atoms with Crippen molar-refractivity contribution >= 4 is 11.9 Å². The number of carboxylic acids is 1. The Balaban J connectivity index is 1.73. The van der Waals surface area contributed by atoms with Gasteiger partial charge in [-0.05, 0) is 48.6 Å². The van der Waals surface area contributed by atoms with Crippen molar-refractivity contribution in [2.75, 3.05) is 6.54 Å². The van der Waals surface area contributed by atoms with E-state index in [0.717, 1.165) is 19.3 Å². The largest absolute Gasteiger partial charge is 0.480 e. The molecule has 0 radical (unpaired) electrons. The fourth-order valence-corrected chi connectivity index (χ4v) is 4.51. The predicted octanol–water partition coefficient (Wildman–Crippen LogP) is 3.20. The molecule has 4 unspecified atom stereocenters. The Labute approximate surface area is 137 Å². The molecule has 23 heavy (non-hydrogen) atoms. The lowest BCUT2D eigenvalue weighted by molar-refractivity contribution is -0.149. The number of fused-ring (bicyclic) bond motifs is 1. The summed E-state index contributed by atoms with van der Waals surface area (Å²) in [5.74, 6) is -0.198. The van der Waals surface area contributed by atoms with E-state index >= 15 is 0 Å². The topological polar surface area (TPSA) is 57.6 Å². The molecular weight excluding hydrogens is 290 g/mol. The van der Waals surface area contributed by atoms with Crippen molar-refractivity contribution in [3.63, 3.8) is 0 Å². The van der Waals surface area contributed by atoms with Crippen LogP contribution in [0.5, 0.6) is 0 Å². The van der Waals surface area contributed by atoms with Gasteiger partial charge in [-0.2, -0.15) is 0 Å². The van der Waals surface area contributed by atoms with Crippen LogP contribution in [0.4, 0.5) is 0 Å². The molecule has 2 fully saturated rings. The molecule has 1 amide bonds. The van der Waals surface area contributed by atoms with Gasteiger partial charge in [0, 0.05) is 13.0 Å². The second-order valence-corrected chi connectivity index (χ2v) is 7.15. The average molecular weight is 315 g/mol. The second kappa shape index (κ2) is 6.34. The van der Waals surface area contributed by atoms with E-state index in [-0.39, 0.29) is 17.7 Å². The summed E-state index contributed by atoms with van der Waals surface area (Å²) in [6, 6.07) is 7.48. The van der Waals surface area contributed by atoms with E-state index in [1.165, 1.54) is 11.1 Å². The van der Waals surface area contributed by atoms with Crippen LogP contribution in [0, 0.1) is 18.8 Å². The van der Waals surface area contributed by atoms with Crippen molar-refractivity contribution in [1.82, 2.24) is 4.90 Å². The van der Waals surface area contributed by atoms with E-state index in [0.29, 0.717) is 18.9 Å². The minimum atomic E-state index is -0.837. The van der Waals surface area contributed by atoms with E-state index in [1.807, 2.05) is 19.1 Å². The van der Waals surface area contributed by atoms with Crippen LogP contribution in [0.1, 0.15) is 49.7 Å². The highest BCUT2D eigenvalue weighted by Gasteiger charge is 2.49. The smallest absolute Gasteiger partial charge is 0.326 e. The van der Waals surface area contributed by atoms with E-state index in [1.54, 1.807) is 4.90 Å². The van der Waals surface area contributed by atoms with Crippen LogP contribution in [0.2, 0.25) is 0 Å². The molecule has 1 saturated heterocycles. The first-order valence-electron chi connectivity index (χ1n) is 8.57. The molecule has 1 aromatic carbocycles. The number of likely N-dealkylation sites (tertiary alicyclic amines) is 1. The van der Waals surface area contributed by atoms with Gasteiger partial charge in [0.2, 0.25) is 5.91 Å². The molecule has 3 rings (SSSR count). The maximum Gasteiger partial charge on any atom is 0.326 e. The zero-order chi connectivity index (χ0) is 16.6. The highest BCUT2D eigenvalue weighted by atomic mass is 16.4. The molecule has 1 N–H and O–H groups in total. The van der Waals surface area contributed by atoms with Crippen LogP contribution < -0.4 is 0 Å². The number of hydrogen-bond donors (Lipinski definition) is 1. The van der Waals surface area contributed by atoms with Crippen molar-refractivity contribution in [2.24, 2.45) is 11.8 Å². The number of benzene rings is 1.